The number of nitrogens with one attached hydrogen (secondary N) is 1. The van der Waals surface area contributed by atoms with Crippen molar-refractivity contribution in [2.45, 2.75) is 18.0 Å². The predicted molar refractivity (Wildman–Crippen MR) is 119 cm³/mol. The van der Waals surface area contributed by atoms with Crippen LogP contribution in [0.3, 0.4) is 0 Å². The summed E-state index contributed by atoms with van der Waals surface area (Å²) in [5, 5.41) is 22.5. The SMILES string of the molecule is N#Cc1ccc(-n2c(Br)cnc2SCC(=O)CCC(=O)NCC(=O)O)c2ccccc12. The van der Waals surface area contributed by atoms with Crippen molar-refractivity contribution >= 4 is 56.1 Å². The van der Waals surface area contributed by atoms with Gasteiger partial charge in [-0.3, -0.25) is 19.0 Å². The zero-order valence-electron chi connectivity index (χ0n) is 16.2. The largest absolute Gasteiger partial charge is 0.480 e. The molecule has 0 fully saturated rings. The molecule has 2 N–H and O–H groups in total. The van der Waals surface area contributed by atoms with Crippen molar-refractivity contribution in [3.63, 3.8) is 0 Å². The summed E-state index contributed by atoms with van der Waals surface area (Å²) in [6.07, 6.45) is 1.59. The van der Waals surface area contributed by atoms with E-state index in [9.17, 15) is 19.6 Å². The molecule has 158 valence electrons. The zero-order chi connectivity index (χ0) is 22.4. The lowest BCUT2D eigenvalue weighted by Crippen LogP contribution is -2.29. The van der Waals surface area contributed by atoms with Gasteiger partial charge >= 0.3 is 5.97 Å². The predicted octanol–water partition coefficient (Wildman–Crippen LogP) is 3.30. The topological polar surface area (TPSA) is 125 Å². The number of hydrogen-bond donors (Lipinski definition) is 2. The number of ketones is 1. The second kappa shape index (κ2) is 10.2. The second-order valence-corrected chi connectivity index (χ2v) is 8.24. The van der Waals surface area contributed by atoms with E-state index in [2.05, 4.69) is 32.3 Å². The number of aliphatic carboxylic acids is 1. The van der Waals surface area contributed by atoms with Crippen molar-refractivity contribution in [2.24, 2.45) is 0 Å². The Morgan fingerprint density at radius 1 is 1.16 bits per heavy atom. The van der Waals surface area contributed by atoms with E-state index >= 15 is 0 Å². The fourth-order valence-corrected chi connectivity index (χ4v) is 4.41. The molecule has 0 saturated heterocycles. The van der Waals surface area contributed by atoms with E-state index in [-0.39, 0.29) is 24.4 Å². The van der Waals surface area contributed by atoms with Crippen LogP contribution < -0.4 is 5.32 Å². The first-order valence-electron chi connectivity index (χ1n) is 9.19. The number of aromatic nitrogens is 2. The number of nitriles is 1. The third-order valence-corrected chi connectivity index (χ3v) is 5.95. The lowest BCUT2D eigenvalue weighted by molar-refractivity contribution is -0.138. The van der Waals surface area contributed by atoms with Gasteiger partial charge in [0, 0.05) is 23.6 Å². The average molecular weight is 501 g/mol. The number of rotatable bonds is 9. The number of Topliss-reactive ketones (excluding diaryl/α,β-unsaturated/α-hetero) is 1. The number of carbonyl (C=O) groups is 3. The minimum atomic E-state index is -1.14. The van der Waals surface area contributed by atoms with E-state index < -0.39 is 18.4 Å². The molecule has 8 nitrogen and oxygen atoms in total. The Bertz CT molecular complexity index is 1200. The van der Waals surface area contributed by atoms with E-state index in [1.54, 1.807) is 12.3 Å². The lowest BCUT2D eigenvalue weighted by Gasteiger charge is -2.13. The Labute approximate surface area is 190 Å². The first-order chi connectivity index (χ1) is 14.9. The summed E-state index contributed by atoms with van der Waals surface area (Å²) < 4.78 is 2.56. The number of nitrogens with zero attached hydrogens (tertiary/aromatic N) is 3. The van der Waals surface area contributed by atoms with Gasteiger partial charge in [-0.2, -0.15) is 5.26 Å². The van der Waals surface area contributed by atoms with Gasteiger partial charge in [-0.05, 0) is 28.1 Å². The molecule has 1 amide bonds. The Morgan fingerprint density at radius 3 is 2.61 bits per heavy atom. The molecule has 3 rings (SSSR count). The van der Waals surface area contributed by atoms with Gasteiger partial charge in [-0.15, -0.1) is 0 Å². The highest BCUT2D eigenvalue weighted by Gasteiger charge is 2.16. The summed E-state index contributed by atoms with van der Waals surface area (Å²) in [6, 6.07) is 13.4. The quantitative estimate of drug-likeness (QED) is 0.431. The molecule has 0 saturated carbocycles. The van der Waals surface area contributed by atoms with Gasteiger partial charge in [0.2, 0.25) is 5.91 Å². The Hall–Kier alpha value is -3.16. The van der Waals surface area contributed by atoms with Crippen LogP contribution in [0.15, 0.2) is 52.4 Å². The van der Waals surface area contributed by atoms with E-state index in [1.165, 1.54) is 11.8 Å². The van der Waals surface area contributed by atoms with Crippen LogP contribution in [-0.4, -0.2) is 44.6 Å². The maximum atomic E-state index is 12.2. The van der Waals surface area contributed by atoms with Gasteiger partial charge in [0.05, 0.1) is 29.3 Å². The Morgan fingerprint density at radius 2 is 1.90 bits per heavy atom. The Balaban J connectivity index is 1.74. The number of imidazole rings is 1. The highest BCUT2D eigenvalue weighted by Crippen LogP contribution is 2.32. The van der Waals surface area contributed by atoms with E-state index in [0.29, 0.717) is 15.3 Å². The first-order valence-corrected chi connectivity index (χ1v) is 11.0. The third-order valence-electron chi connectivity index (χ3n) is 4.38. The molecule has 31 heavy (non-hydrogen) atoms. The molecule has 0 radical (unpaired) electrons. The molecule has 0 atom stereocenters. The van der Waals surface area contributed by atoms with Crippen LogP contribution in [0.5, 0.6) is 0 Å². The van der Waals surface area contributed by atoms with Crippen LogP contribution in [0.4, 0.5) is 0 Å². The summed E-state index contributed by atoms with van der Waals surface area (Å²) in [5.74, 6) is -1.65. The van der Waals surface area contributed by atoms with Crippen LogP contribution in [0, 0.1) is 11.3 Å². The van der Waals surface area contributed by atoms with Gasteiger partial charge in [0.25, 0.3) is 0 Å². The first kappa shape index (κ1) is 22.5. The number of carbonyl (C=O) groups excluding carboxylic acids is 2. The fraction of sp³-hybridized carbons (Fsp3) is 0.190. The lowest BCUT2D eigenvalue weighted by atomic mass is 10.0. The molecule has 3 aromatic rings. The van der Waals surface area contributed by atoms with E-state index in [1.807, 2.05) is 34.9 Å². The molecule has 10 heteroatoms. The maximum Gasteiger partial charge on any atom is 0.322 e. The highest BCUT2D eigenvalue weighted by molar-refractivity contribution is 9.10. The molecule has 1 aromatic heterocycles. The number of fused-ring (bicyclic) bond motifs is 1. The third kappa shape index (κ3) is 5.51. The van der Waals surface area contributed by atoms with Gasteiger partial charge in [-0.25, -0.2) is 4.98 Å². The zero-order valence-corrected chi connectivity index (χ0v) is 18.6. The molecular weight excluding hydrogens is 484 g/mol. The van der Waals surface area contributed by atoms with Crippen molar-refractivity contribution in [1.29, 1.82) is 5.26 Å². The van der Waals surface area contributed by atoms with Crippen LogP contribution in [0.2, 0.25) is 0 Å². The maximum absolute atomic E-state index is 12.2. The summed E-state index contributed by atoms with van der Waals surface area (Å²) in [5.41, 5.74) is 1.39. The van der Waals surface area contributed by atoms with Gasteiger partial charge in [0.15, 0.2) is 5.16 Å². The number of carboxylic acids is 1. The van der Waals surface area contributed by atoms with Gasteiger partial charge < -0.3 is 10.4 Å². The van der Waals surface area contributed by atoms with Crippen LogP contribution in [0.1, 0.15) is 18.4 Å². The number of hydrogen-bond acceptors (Lipinski definition) is 6. The summed E-state index contributed by atoms with van der Waals surface area (Å²) in [6.45, 7) is -0.466. The summed E-state index contributed by atoms with van der Waals surface area (Å²) >= 11 is 4.74. The van der Waals surface area contributed by atoms with Gasteiger partial charge in [-0.1, -0.05) is 36.0 Å². The molecule has 0 aliphatic heterocycles. The molecule has 0 spiro atoms. The molecule has 0 bridgehead atoms. The van der Waals surface area contributed by atoms with Crippen molar-refractivity contribution in [3.05, 3.63) is 52.8 Å². The van der Waals surface area contributed by atoms with Crippen molar-refractivity contribution in [2.75, 3.05) is 12.3 Å². The molecule has 0 unspecified atom stereocenters. The number of halogens is 1. The normalized spacial score (nSPS) is 10.6. The molecule has 0 aliphatic rings. The van der Waals surface area contributed by atoms with Crippen molar-refractivity contribution in [1.82, 2.24) is 14.9 Å². The number of amides is 1. The molecule has 2 aromatic carbocycles. The number of benzene rings is 2. The van der Waals surface area contributed by atoms with E-state index in [0.717, 1.165) is 16.5 Å². The fourth-order valence-electron chi connectivity index (χ4n) is 2.94. The minimum Gasteiger partial charge on any atom is -0.480 e. The molecule has 1 heterocycles. The molecular formula is C21H17BrN4O4S. The Kier molecular flexibility index (Phi) is 7.44. The van der Waals surface area contributed by atoms with Crippen LogP contribution >= 0.6 is 27.7 Å². The smallest absolute Gasteiger partial charge is 0.322 e. The molecule has 0 aliphatic carbocycles. The summed E-state index contributed by atoms with van der Waals surface area (Å²) in [4.78, 5) is 38.6. The average Bonchev–Trinajstić information content (AvgIpc) is 3.14. The standard InChI is InChI=1S/C21H17BrN4O4S/c22-18-10-25-21(31-12-14(27)6-8-19(28)24-11-20(29)30)26(18)17-7-5-13(9-23)15-3-1-2-4-16(15)17/h1-5,7,10H,6,8,11-12H2,(H,24,28)(H,29,30). The van der Waals surface area contributed by atoms with Crippen molar-refractivity contribution in [3.8, 4) is 11.8 Å². The van der Waals surface area contributed by atoms with Crippen LogP contribution in [-0.2, 0) is 14.4 Å². The second-order valence-electron chi connectivity index (χ2n) is 6.49. The monoisotopic (exact) mass is 500 g/mol. The summed E-state index contributed by atoms with van der Waals surface area (Å²) in [7, 11) is 0. The number of carboxylic acid groups (broad SMARTS) is 1. The highest BCUT2D eigenvalue weighted by atomic mass is 79.9. The van der Waals surface area contributed by atoms with Gasteiger partial charge in [0.1, 0.15) is 16.9 Å². The minimum absolute atomic E-state index is 0.0140. The number of thioether (sulfide) groups is 1. The van der Waals surface area contributed by atoms with Crippen molar-refractivity contribution < 1.29 is 19.5 Å². The van der Waals surface area contributed by atoms with E-state index in [4.69, 9.17) is 5.11 Å². The van der Waals surface area contributed by atoms with Crippen LogP contribution in [0.25, 0.3) is 16.5 Å².